The lowest BCUT2D eigenvalue weighted by Crippen LogP contribution is -2.41. The van der Waals surface area contributed by atoms with E-state index in [1.165, 1.54) is 11.6 Å². The molecule has 0 saturated heterocycles. The van der Waals surface area contributed by atoms with Crippen LogP contribution in [0.25, 0.3) is 0 Å². The standard InChI is InChI=1S/C23H22FN3OS/c24-20-8-4-6-18(12-20)14-27-16-25-23(26-17-27)29-15-19-7-5-11-22(13-19)28-21-9-2-1-3-10-21/h1-13H,14-17H2,(H,25,26). The Balaban J connectivity index is 1.28. The van der Waals surface area contributed by atoms with Gasteiger partial charge in [-0.15, -0.1) is 0 Å². The van der Waals surface area contributed by atoms with Crippen LogP contribution in [0, 0.1) is 5.82 Å². The van der Waals surface area contributed by atoms with Gasteiger partial charge in [-0.1, -0.05) is 54.2 Å². The fourth-order valence-electron chi connectivity index (χ4n) is 3.02. The van der Waals surface area contributed by atoms with Gasteiger partial charge in [-0.2, -0.15) is 0 Å². The van der Waals surface area contributed by atoms with Gasteiger partial charge in [0.05, 0.1) is 13.3 Å². The van der Waals surface area contributed by atoms with E-state index in [0.29, 0.717) is 19.9 Å². The first-order valence-corrected chi connectivity index (χ1v) is 10.4. The maximum absolute atomic E-state index is 13.3. The molecule has 0 bridgehead atoms. The van der Waals surface area contributed by atoms with E-state index >= 15 is 0 Å². The minimum atomic E-state index is -0.203. The molecule has 4 rings (SSSR count). The predicted molar refractivity (Wildman–Crippen MR) is 117 cm³/mol. The van der Waals surface area contributed by atoms with E-state index in [4.69, 9.17) is 4.74 Å². The van der Waals surface area contributed by atoms with Gasteiger partial charge in [-0.05, 0) is 47.5 Å². The highest BCUT2D eigenvalue weighted by molar-refractivity contribution is 8.13. The van der Waals surface area contributed by atoms with Crippen LogP contribution in [-0.4, -0.2) is 23.4 Å². The molecule has 0 saturated carbocycles. The number of thioether (sulfide) groups is 1. The Morgan fingerprint density at radius 2 is 1.72 bits per heavy atom. The maximum Gasteiger partial charge on any atom is 0.159 e. The summed E-state index contributed by atoms with van der Waals surface area (Å²) in [6.07, 6.45) is 0. The number of para-hydroxylation sites is 1. The van der Waals surface area contributed by atoms with Gasteiger partial charge in [0.15, 0.2) is 5.17 Å². The van der Waals surface area contributed by atoms with Gasteiger partial charge in [0.25, 0.3) is 0 Å². The monoisotopic (exact) mass is 407 g/mol. The van der Waals surface area contributed by atoms with Crippen LogP contribution < -0.4 is 10.1 Å². The Labute approximate surface area is 174 Å². The fourth-order valence-corrected chi connectivity index (χ4v) is 3.82. The van der Waals surface area contributed by atoms with Crippen molar-refractivity contribution in [2.24, 2.45) is 4.99 Å². The van der Waals surface area contributed by atoms with Gasteiger partial charge in [0.1, 0.15) is 17.3 Å². The molecule has 1 aliphatic heterocycles. The topological polar surface area (TPSA) is 36.9 Å². The highest BCUT2D eigenvalue weighted by Crippen LogP contribution is 2.24. The molecule has 3 aromatic rings. The summed E-state index contributed by atoms with van der Waals surface area (Å²) in [6, 6.07) is 24.6. The lowest BCUT2D eigenvalue weighted by molar-refractivity contribution is 0.258. The van der Waals surface area contributed by atoms with Crippen LogP contribution in [0.3, 0.4) is 0 Å². The van der Waals surface area contributed by atoms with Gasteiger partial charge >= 0.3 is 0 Å². The molecule has 0 aromatic heterocycles. The Bertz CT molecular complexity index is 981. The number of ether oxygens (including phenoxy) is 1. The maximum atomic E-state index is 13.3. The van der Waals surface area contributed by atoms with Crippen molar-refractivity contribution in [2.45, 2.75) is 12.3 Å². The summed E-state index contributed by atoms with van der Waals surface area (Å²) in [5, 5.41) is 4.27. The predicted octanol–water partition coefficient (Wildman–Crippen LogP) is 5.23. The summed E-state index contributed by atoms with van der Waals surface area (Å²) < 4.78 is 19.2. The average Bonchev–Trinajstić information content (AvgIpc) is 2.74. The van der Waals surface area contributed by atoms with Gasteiger partial charge in [0, 0.05) is 12.3 Å². The van der Waals surface area contributed by atoms with Crippen LogP contribution >= 0.6 is 11.8 Å². The van der Waals surface area contributed by atoms with Crippen LogP contribution in [0.15, 0.2) is 83.9 Å². The molecule has 0 atom stereocenters. The van der Waals surface area contributed by atoms with Crippen molar-refractivity contribution in [3.8, 4) is 11.5 Å². The third kappa shape index (κ3) is 5.82. The molecule has 1 aliphatic rings. The number of benzene rings is 3. The van der Waals surface area contributed by atoms with Gasteiger partial charge in [0.2, 0.25) is 0 Å². The first kappa shape index (κ1) is 19.5. The van der Waals surface area contributed by atoms with Crippen LogP contribution in [-0.2, 0) is 12.3 Å². The van der Waals surface area contributed by atoms with E-state index in [9.17, 15) is 4.39 Å². The molecular weight excluding hydrogens is 385 g/mol. The highest BCUT2D eigenvalue weighted by atomic mass is 32.2. The minimum absolute atomic E-state index is 0.203. The number of nitrogens with one attached hydrogen (secondary N) is 1. The highest BCUT2D eigenvalue weighted by Gasteiger charge is 2.13. The van der Waals surface area contributed by atoms with E-state index in [-0.39, 0.29) is 5.82 Å². The lowest BCUT2D eigenvalue weighted by atomic mass is 10.2. The number of halogens is 1. The molecule has 29 heavy (non-hydrogen) atoms. The van der Waals surface area contributed by atoms with Crippen molar-refractivity contribution in [3.63, 3.8) is 0 Å². The van der Waals surface area contributed by atoms with E-state index < -0.39 is 0 Å². The number of rotatable bonds is 6. The molecule has 0 radical (unpaired) electrons. The van der Waals surface area contributed by atoms with E-state index in [0.717, 1.165) is 28.0 Å². The second-order valence-corrected chi connectivity index (χ2v) is 7.71. The third-order valence-electron chi connectivity index (χ3n) is 4.42. The lowest BCUT2D eigenvalue weighted by Gasteiger charge is -2.26. The van der Waals surface area contributed by atoms with Gasteiger partial charge in [-0.25, -0.2) is 9.38 Å². The van der Waals surface area contributed by atoms with Crippen LogP contribution in [0.1, 0.15) is 11.1 Å². The van der Waals surface area contributed by atoms with Crippen molar-refractivity contribution in [3.05, 3.63) is 95.8 Å². The molecule has 1 N–H and O–H groups in total. The second-order valence-electron chi connectivity index (χ2n) is 6.75. The summed E-state index contributed by atoms with van der Waals surface area (Å²) in [5.41, 5.74) is 2.13. The molecule has 0 spiro atoms. The Morgan fingerprint density at radius 1 is 0.931 bits per heavy atom. The number of aliphatic imine (C=N–C) groups is 1. The Morgan fingerprint density at radius 3 is 2.52 bits per heavy atom. The summed E-state index contributed by atoms with van der Waals surface area (Å²) in [5.74, 6) is 2.26. The fraction of sp³-hybridized carbons (Fsp3) is 0.174. The summed E-state index contributed by atoms with van der Waals surface area (Å²) >= 11 is 1.67. The summed E-state index contributed by atoms with van der Waals surface area (Å²) in [4.78, 5) is 6.74. The zero-order valence-corrected chi connectivity index (χ0v) is 16.7. The number of nitrogens with zero attached hydrogens (tertiary/aromatic N) is 2. The molecule has 4 nitrogen and oxygen atoms in total. The quantitative estimate of drug-likeness (QED) is 0.607. The molecule has 3 aromatic carbocycles. The third-order valence-corrected chi connectivity index (χ3v) is 5.44. The van der Waals surface area contributed by atoms with Crippen molar-refractivity contribution >= 4 is 16.9 Å². The molecule has 6 heteroatoms. The number of amidine groups is 1. The first-order chi connectivity index (χ1) is 14.2. The van der Waals surface area contributed by atoms with Crippen molar-refractivity contribution in [1.82, 2.24) is 10.2 Å². The number of hydrogen-bond donors (Lipinski definition) is 1. The van der Waals surface area contributed by atoms with Crippen LogP contribution in [0.4, 0.5) is 4.39 Å². The van der Waals surface area contributed by atoms with Crippen molar-refractivity contribution < 1.29 is 9.13 Å². The zero-order valence-electron chi connectivity index (χ0n) is 15.9. The van der Waals surface area contributed by atoms with E-state index in [1.807, 2.05) is 48.5 Å². The minimum Gasteiger partial charge on any atom is -0.457 e. The van der Waals surface area contributed by atoms with Gasteiger partial charge < -0.3 is 10.1 Å². The summed E-state index contributed by atoms with van der Waals surface area (Å²) in [6.45, 7) is 1.97. The van der Waals surface area contributed by atoms with Crippen LogP contribution in [0.5, 0.6) is 11.5 Å². The van der Waals surface area contributed by atoms with E-state index in [2.05, 4.69) is 27.3 Å². The zero-order chi connectivity index (χ0) is 19.9. The Hall–Kier alpha value is -2.83. The molecule has 0 fully saturated rings. The second kappa shape index (κ2) is 9.58. The molecular formula is C23H22FN3OS. The smallest absolute Gasteiger partial charge is 0.159 e. The average molecular weight is 408 g/mol. The summed E-state index contributed by atoms with van der Waals surface area (Å²) in [7, 11) is 0. The normalized spacial score (nSPS) is 14.2. The van der Waals surface area contributed by atoms with Crippen molar-refractivity contribution in [1.29, 1.82) is 0 Å². The van der Waals surface area contributed by atoms with Gasteiger partial charge in [-0.3, -0.25) is 4.90 Å². The largest absolute Gasteiger partial charge is 0.457 e. The first-order valence-electron chi connectivity index (χ1n) is 9.44. The molecule has 1 heterocycles. The van der Waals surface area contributed by atoms with Crippen LogP contribution in [0.2, 0.25) is 0 Å². The molecule has 148 valence electrons. The van der Waals surface area contributed by atoms with Crippen molar-refractivity contribution in [2.75, 3.05) is 13.3 Å². The molecule has 0 amide bonds. The Kier molecular flexibility index (Phi) is 6.44. The molecule has 0 unspecified atom stereocenters. The SMILES string of the molecule is Fc1cccc(CN2CN=C(SCc3cccc(Oc4ccccc4)c3)NC2)c1. The van der Waals surface area contributed by atoms with E-state index in [1.54, 1.807) is 23.9 Å². The number of hydrogen-bond acceptors (Lipinski definition) is 5. The molecule has 0 aliphatic carbocycles.